The zero-order valence-electron chi connectivity index (χ0n) is 14.0. The van der Waals surface area contributed by atoms with Crippen LogP contribution in [0.15, 0.2) is 38.6 Å². The van der Waals surface area contributed by atoms with Gasteiger partial charge >= 0.3 is 5.69 Å². The lowest BCUT2D eigenvalue weighted by Crippen LogP contribution is -2.38. The minimum Gasteiger partial charge on any atom is -0.350 e. The summed E-state index contributed by atoms with van der Waals surface area (Å²) >= 11 is 3.21. The Hall–Kier alpha value is -2.75. The third kappa shape index (κ3) is 3.07. The van der Waals surface area contributed by atoms with Crippen molar-refractivity contribution in [2.75, 3.05) is 0 Å². The summed E-state index contributed by atoms with van der Waals surface area (Å²) < 4.78 is 17.5. The van der Waals surface area contributed by atoms with Crippen LogP contribution in [0.25, 0.3) is 11.2 Å². The molecule has 26 heavy (non-hydrogen) atoms. The van der Waals surface area contributed by atoms with E-state index in [9.17, 15) is 18.8 Å². The van der Waals surface area contributed by atoms with Crippen molar-refractivity contribution in [2.24, 2.45) is 14.1 Å². The normalized spacial score (nSPS) is 11.1. The number of carbonyl (C=O) groups excluding carboxylic acids is 1. The van der Waals surface area contributed by atoms with Gasteiger partial charge < -0.3 is 5.32 Å². The molecule has 0 aliphatic heterocycles. The van der Waals surface area contributed by atoms with Crippen LogP contribution in [0.1, 0.15) is 5.56 Å². The minimum absolute atomic E-state index is 0.0243. The number of imidazole rings is 1. The highest BCUT2D eigenvalue weighted by Gasteiger charge is 2.19. The third-order valence-corrected chi connectivity index (χ3v) is 4.63. The number of rotatable bonds is 4. The van der Waals surface area contributed by atoms with Gasteiger partial charge in [0.15, 0.2) is 15.9 Å². The van der Waals surface area contributed by atoms with Gasteiger partial charge in [0, 0.05) is 26.2 Å². The van der Waals surface area contributed by atoms with E-state index in [0.717, 1.165) is 4.57 Å². The molecule has 1 aromatic carbocycles. The second kappa shape index (κ2) is 6.87. The van der Waals surface area contributed by atoms with Crippen LogP contribution in [0.5, 0.6) is 0 Å². The molecule has 10 heteroatoms. The highest BCUT2D eigenvalue weighted by molar-refractivity contribution is 9.10. The summed E-state index contributed by atoms with van der Waals surface area (Å²) in [5.41, 5.74) is -0.414. The number of nitrogens with one attached hydrogen (secondary N) is 1. The molecule has 2 aromatic heterocycles. The molecule has 3 aromatic rings. The van der Waals surface area contributed by atoms with Gasteiger partial charge in [-0.15, -0.1) is 0 Å². The molecule has 1 amide bonds. The first-order valence-electron chi connectivity index (χ1n) is 7.63. The molecule has 0 saturated heterocycles. The van der Waals surface area contributed by atoms with Crippen molar-refractivity contribution in [3.05, 3.63) is 61.2 Å². The molecular formula is C16H15BrFN5O3. The van der Waals surface area contributed by atoms with E-state index in [0.29, 0.717) is 5.56 Å². The fraction of sp³-hybridized carbons (Fsp3) is 0.250. The second-order valence-electron chi connectivity index (χ2n) is 5.71. The van der Waals surface area contributed by atoms with Crippen molar-refractivity contribution in [3.8, 4) is 0 Å². The zero-order valence-corrected chi connectivity index (χ0v) is 15.6. The molecule has 136 valence electrons. The lowest BCUT2D eigenvalue weighted by molar-refractivity contribution is -0.121. The molecule has 2 heterocycles. The third-order valence-electron chi connectivity index (χ3n) is 4.03. The number of halogens is 2. The van der Waals surface area contributed by atoms with Crippen molar-refractivity contribution in [3.63, 3.8) is 0 Å². The first kappa shape index (κ1) is 18.1. The molecule has 0 unspecified atom stereocenters. The van der Waals surface area contributed by atoms with E-state index in [1.54, 1.807) is 18.2 Å². The minimum atomic E-state index is -0.547. The number of aryl methyl sites for hydroxylation is 1. The highest BCUT2D eigenvalue weighted by atomic mass is 79.9. The van der Waals surface area contributed by atoms with Gasteiger partial charge in [0.2, 0.25) is 5.91 Å². The smallest absolute Gasteiger partial charge is 0.332 e. The molecule has 0 saturated carbocycles. The Labute approximate surface area is 155 Å². The molecule has 0 aliphatic carbocycles. The molecule has 0 radical (unpaired) electrons. The number of amides is 1. The van der Waals surface area contributed by atoms with Crippen LogP contribution in [-0.4, -0.2) is 24.6 Å². The van der Waals surface area contributed by atoms with Crippen LogP contribution in [0.4, 0.5) is 4.39 Å². The van der Waals surface area contributed by atoms with Gasteiger partial charge in [-0.05, 0) is 22.0 Å². The Morgan fingerprint density at radius 2 is 1.92 bits per heavy atom. The highest BCUT2D eigenvalue weighted by Crippen LogP contribution is 2.16. The van der Waals surface area contributed by atoms with Gasteiger partial charge in [0.1, 0.15) is 12.4 Å². The number of hydrogen-bond acceptors (Lipinski definition) is 4. The molecule has 0 fully saturated rings. The summed E-state index contributed by atoms with van der Waals surface area (Å²) in [6.07, 6.45) is 0. The van der Waals surface area contributed by atoms with E-state index in [-0.39, 0.29) is 29.0 Å². The molecule has 0 spiro atoms. The van der Waals surface area contributed by atoms with E-state index in [1.807, 2.05) is 0 Å². The maximum atomic E-state index is 13.6. The second-order valence-corrected chi connectivity index (χ2v) is 6.42. The fourth-order valence-electron chi connectivity index (χ4n) is 2.64. The van der Waals surface area contributed by atoms with Gasteiger partial charge in [-0.25, -0.2) is 14.2 Å². The molecule has 3 rings (SSSR count). The van der Waals surface area contributed by atoms with Crippen molar-refractivity contribution in [1.29, 1.82) is 0 Å². The van der Waals surface area contributed by atoms with Crippen LogP contribution in [0.2, 0.25) is 0 Å². The Bertz CT molecular complexity index is 1130. The first-order chi connectivity index (χ1) is 12.3. The average Bonchev–Trinajstić information content (AvgIpc) is 2.94. The standard InChI is InChI=1S/C16H15BrFN5O3/c1-21-13-12(14(25)22(2)16(21)26)20-15(17)23(13)8-11(24)19-7-9-5-3-4-6-10(9)18/h3-6H,7-8H2,1-2H3,(H,19,24). The summed E-state index contributed by atoms with van der Waals surface area (Å²) in [7, 11) is 2.85. The van der Waals surface area contributed by atoms with Gasteiger partial charge in [-0.3, -0.25) is 23.3 Å². The monoisotopic (exact) mass is 423 g/mol. The molecular weight excluding hydrogens is 409 g/mol. The topological polar surface area (TPSA) is 90.9 Å². The number of benzene rings is 1. The summed E-state index contributed by atoms with van der Waals surface area (Å²) in [5, 5.41) is 2.61. The molecule has 0 aliphatic rings. The van der Waals surface area contributed by atoms with Crippen LogP contribution < -0.4 is 16.6 Å². The van der Waals surface area contributed by atoms with Crippen LogP contribution in [0.3, 0.4) is 0 Å². The molecule has 1 N–H and O–H groups in total. The van der Waals surface area contributed by atoms with Crippen molar-refractivity contribution >= 4 is 33.0 Å². The summed E-state index contributed by atoms with van der Waals surface area (Å²) in [5.74, 6) is -0.825. The zero-order chi connectivity index (χ0) is 19.0. The maximum Gasteiger partial charge on any atom is 0.332 e. The van der Waals surface area contributed by atoms with Crippen molar-refractivity contribution in [1.82, 2.24) is 24.0 Å². The van der Waals surface area contributed by atoms with Gasteiger partial charge in [0.25, 0.3) is 5.56 Å². The van der Waals surface area contributed by atoms with Crippen LogP contribution in [-0.2, 0) is 32.0 Å². The largest absolute Gasteiger partial charge is 0.350 e. The van der Waals surface area contributed by atoms with E-state index in [1.165, 1.54) is 29.3 Å². The summed E-state index contributed by atoms with van der Waals surface area (Å²) in [6, 6.07) is 6.13. The SMILES string of the molecule is Cn1c(=O)c2nc(Br)n(CC(=O)NCc3ccccc3F)c2n(C)c1=O. The number of fused-ring (bicyclic) bond motifs is 1. The summed E-state index contributed by atoms with van der Waals surface area (Å²) in [4.78, 5) is 40.7. The van der Waals surface area contributed by atoms with Gasteiger partial charge in [-0.1, -0.05) is 18.2 Å². The van der Waals surface area contributed by atoms with E-state index in [4.69, 9.17) is 0 Å². The van der Waals surface area contributed by atoms with Gasteiger partial charge in [0.05, 0.1) is 0 Å². The maximum absolute atomic E-state index is 13.6. The molecule has 0 atom stereocenters. The summed E-state index contributed by atoms with van der Waals surface area (Å²) in [6.45, 7) is -0.164. The Morgan fingerprint density at radius 1 is 1.23 bits per heavy atom. The Kier molecular flexibility index (Phi) is 4.77. The first-order valence-corrected chi connectivity index (χ1v) is 8.42. The molecule has 0 bridgehead atoms. The van der Waals surface area contributed by atoms with E-state index < -0.39 is 23.0 Å². The lowest BCUT2D eigenvalue weighted by atomic mass is 10.2. The van der Waals surface area contributed by atoms with E-state index >= 15 is 0 Å². The number of nitrogens with zero attached hydrogens (tertiary/aromatic N) is 4. The lowest BCUT2D eigenvalue weighted by Gasteiger charge is -2.10. The van der Waals surface area contributed by atoms with Crippen molar-refractivity contribution < 1.29 is 9.18 Å². The molecule has 8 nitrogen and oxygen atoms in total. The quantitative estimate of drug-likeness (QED) is 0.623. The van der Waals surface area contributed by atoms with Crippen LogP contribution in [0, 0.1) is 5.82 Å². The van der Waals surface area contributed by atoms with Crippen molar-refractivity contribution in [2.45, 2.75) is 13.1 Å². The average molecular weight is 424 g/mol. The number of carbonyl (C=O) groups is 1. The predicted molar refractivity (Wildman–Crippen MR) is 96.2 cm³/mol. The number of aromatic nitrogens is 4. The fourth-order valence-corrected chi connectivity index (χ4v) is 3.11. The van der Waals surface area contributed by atoms with Gasteiger partial charge in [-0.2, -0.15) is 0 Å². The number of hydrogen-bond donors (Lipinski definition) is 1. The van der Waals surface area contributed by atoms with E-state index in [2.05, 4.69) is 26.2 Å². The Balaban J connectivity index is 1.90. The Morgan fingerprint density at radius 3 is 2.62 bits per heavy atom. The predicted octanol–water partition coefficient (Wildman–Crippen LogP) is 0.652. The van der Waals surface area contributed by atoms with Crippen LogP contribution >= 0.6 is 15.9 Å².